The number of nitrogens with one attached hydrogen (secondary N) is 1. The molecule has 1 N–H and O–H groups in total. The van der Waals surface area contributed by atoms with Gasteiger partial charge in [-0.05, 0) is 55.0 Å². The van der Waals surface area contributed by atoms with Gasteiger partial charge in [0.15, 0.2) is 6.61 Å². The van der Waals surface area contributed by atoms with Crippen LogP contribution in [0.25, 0.3) is 16.9 Å². The summed E-state index contributed by atoms with van der Waals surface area (Å²) in [5.74, 6) is 1.11. The van der Waals surface area contributed by atoms with Crippen molar-refractivity contribution in [1.82, 2.24) is 9.38 Å². The number of carbonyl (C=O) groups excluding carboxylic acids is 1. The van der Waals surface area contributed by atoms with E-state index in [1.807, 2.05) is 60.1 Å². The van der Waals surface area contributed by atoms with Crippen LogP contribution >= 0.6 is 0 Å². The van der Waals surface area contributed by atoms with Gasteiger partial charge in [-0.15, -0.1) is 0 Å². The highest BCUT2D eigenvalue weighted by Crippen LogP contribution is 2.23. The minimum absolute atomic E-state index is 0.0793. The highest BCUT2D eigenvalue weighted by atomic mass is 16.5. The molecule has 0 aliphatic carbocycles. The van der Waals surface area contributed by atoms with E-state index in [1.165, 1.54) is 0 Å². The topological polar surface area (TPSA) is 64.9 Å². The maximum Gasteiger partial charge on any atom is 0.262 e. The van der Waals surface area contributed by atoms with E-state index < -0.39 is 0 Å². The van der Waals surface area contributed by atoms with Crippen LogP contribution in [0, 0.1) is 6.92 Å². The van der Waals surface area contributed by atoms with Gasteiger partial charge in [0.25, 0.3) is 5.91 Å². The van der Waals surface area contributed by atoms with E-state index in [-0.39, 0.29) is 12.5 Å². The van der Waals surface area contributed by atoms with Gasteiger partial charge in [0.2, 0.25) is 0 Å². The van der Waals surface area contributed by atoms with Crippen molar-refractivity contribution in [3.05, 3.63) is 78.6 Å². The lowest BCUT2D eigenvalue weighted by molar-refractivity contribution is -0.118. The molecule has 0 spiro atoms. The van der Waals surface area contributed by atoms with Crippen molar-refractivity contribution in [3.8, 4) is 22.8 Å². The van der Waals surface area contributed by atoms with Gasteiger partial charge < -0.3 is 19.2 Å². The van der Waals surface area contributed by atoms with Gasteiger partial charge in [-0.3, -0.25) is 4.79 Å². The molecule has 0 radical (unpaired) electrons. The molecule has 0 atom stereocenters. The lowest BCUT2D eigenvalue weighted by atomic mass is 10.1. The molecule has 0 unspecified atom stereocenters. The fraction of sp³-hybridized carbons (Fsp3) is 0.130. The molecular formula is C23H21N3O3. The molecule has 0 saturated heterocycles. The number of ether oxygens (including phenoxy) is 2. The summed E-state index contributed by atoms with van der Waals surface area (Å²) in [4.78, 5) is 17.0. The second-order valence-corrected chi connectivity index (χ2v) is 6.64. The van der Waals surface area contributed by atoms with E-state index in [0.29, 0.717) is 11.4 Å². The Morgan fingerprint density at radius 1 is 1.07 bits per heavy atom. The van der Waals surface area contributed by atoms with E-state index >= 15 is 0 Å². The van der Waals surface area contributed by atoms with Gasteiger partial charge in [0, 0.05) is 23.6 Å². The van der Waals surface area contributed by atoms with Crippen molar-refractivity contribution in [2.24, 2.45) is 0 Å². The van der Waals surface area contributed by atoms with Gasteiger partial charge in [0.1, 0.15) is 17.1 Å². The molecule has 1 amide bonds. The van der Waals surface area contributed by atoms with E-state index in [0.717, 1.165) is 28.2 Å². The number of anilines is 1. The summed E-state index contributed by atoms with van der Waals surface area (Å²) in [7, 11) is 1.60. The summed E-state index contributed by atoms with van der Waals surface area (Å²) >= 11 is 0. The quantitative estimate of drug-likeness (QED) is 0.535. The fourth-order valence-electron chi connectivity index (χ4n) is 3.07. The average Bonchev–Trinajstić information content (AvgIpc) is 3.19. The van der Waals surface area contributed by atoms with Crippen LogP contribution in [0.15, 0.2) is 73.1 Å². The molecule has 2 aromatic carbocycles. The second kappa shape index (κ2) is 8.06. The van der Waals surface area contributed by atoms with E-state index in [9.17, 15) is 4.79 Å². The molecule has 0 aliphatic rings. The molecule has 146 valence electrons. The van der Waals surface area contributed by atoms with Crippen molar-refractivity contribution in [2.75, 3.05) is 19.0 Å². The van der Waals surface area contributed by atoms with Crippen LogP contribution in [0.3, 0.4) is 0 Å². The Morgan fingerprint density at radius 2 is 1.86 bits per heavy atom. The van der Waals surface area contributed by atoms with Gasteiger partial charge in [-0.2, -0.15) is 0 Å². The Kier molecular flexibility index (Phi) is 5.16. The third-order valence-corrected chi connectivity index (χ3v) is 4.55. The van der Waals surface area contributed by atoms with E-state index in [1.54, 1.807) is 31.4 Å². The fourth-order valence-corrected chi connectivity index (χ4v) is 3.07. The first-order valence-corrected chi connectivity index (χ1v) is 9.24. The molecule has 4 rings (SSSR count). The van der Waals surface area contributed by atoms with Gasteiger partial charge in [0.05, 0.1) is 12.8 Å². The summed E-state index contributed by atoms with van der Waals surface area (Å²) in [6.45, 7) is 1.95. The lowest BCUT2D eigenvalue weighted by Crippen LogP contribution is -2.20. The number of amides is 1. The highest BCUT2D eigenvalue weighted by molar-refractivity contribution is 5.92. The molecule has 0 aliphatic heterocycles. The molecular weight excluding hydrogens is 366 g/mol. The summed E-state index contributed by atoms with van der Waals surface area (Å²) < 4.78 is 12.6. The van der Waals surface area contributed by atoms with Gasteiger partial charge in [-0.25, -0.2) is 4.98 Å². The molecule has 4 aromatic rings. The summed E-state index contributed by atoms with van der Waals surface area (Å²) in [6.07, 6.45) is 3.96. The number of aryl methyl sites for hydroxylation is 1. The smallest absolute Gasteiger partial charge is 0.262 e. The molecule has 6 heteroatoms. The standard InChI is InChI=1S/C23H21N3O3/c1-16-5-4-12-26-14-21(25-23(16)26)17-6-3-7-18(13-17)24-22(27)15-29-20-10-8-19(28-2)9-11-20/h3-14H,15H2,1-2H3,(H,24,27). The van der Waals surface area contributed by atoms with Crippen LogP contribution in [-0.2, 0) is 4.79 Å². The van der Waals surface area contributed by atoms with Crippen molar-refractivity contribution in [2.45, 2.75) is 6.92 Å². The third-order valence-electron chi connectivity index (χ3n) is 4.55. The maximum atomic E-state index is 12.3. The first-order valence-electron chi connectivity index (χ1n) is 9.24. The number of nitrogens with zero attached hydrogens (tertiary/aromatic N) is 2. The summed E-state index contributed by atoms with van der Waals surface area (Å²) in [5, 5.41) is 2.87. The second-order valence-electron chi connectivity index (χ2n) is 6.64. The zero-order chi connectivity index (χ0) is 20.2. The molecule has 2 aromatic heterocycles. The van der Waals surface area contributed by atoms with Crippen molar-refractivity contribution in [3.63, 3.8) is 0 Å². The first-order chi connectivity index (χ1) is 14.1. The summed E-state index contributed by atoms with van der Waals surface area (Å²) in [6, 6.07) is 18.7. The van der Waals surface area contributed by atoms with Gasteiger partial charge in [-0.1, -0.05) is 18.2 Å². The average molecular weight is 387 g/mol. The van der Waals surface area contributed by atoms with Crippen molar-refractivity contribution >= 4 is 17.2 Å². The normalized spacial score (nSPS) is 10.7. The minimum atomic E-state index is -0.233. The van der Waals surface area contributed by atoms with Crippen LogP contribution in [0.5, 0.6) is 11.5 Å². The number of pyridine rings is 1. The van der Waals surface area contributed by atoms with Gasteiger partial charge >= 0.3 is 0 Å². The first kappa shape index (κ1) is 18.6. The number of methoxy groups -OCH3 is 1. The number of aromatic nitrogens is 2. The number of rotatable bonds is 6. The lowest BCUT2D eigenvalue weighted by Gasteiger charge is -2.09. The molecule has 29 heavy (non-hydrogen) atoms. The summed E-state index contributed by atoms with van der Waals surface area (Å²) in [5.41, 5.74) is 4.51. The number of fused-ring (bicyclic) bond motifs is 1. The Balaban J connectivity index is 1.43. The van der Waals surface area contributed by atoms with Crippen LogP contribution in [0.4, 0.5) is 5.69 Å². The zero-order valence-electron chi connectivity index (χ0n) is 16.3. The maximum absolute atomic E-state index is 12.3. The Morgan fingerprint density at radius 3 is 2.62 bits per heavy atom. The Labute approximate surface area is 168 Å². The Hall–Kier alpha value is -3.80. The van der Waals surface area contributed by atoms with E-state index in [4.69, 9.17) is 14.5 Å². The zero-order valence-corrected chi connectivity index (χ0v) is 16.3. The monoisotopic (exact) mass is 387 g/mol. The number of hydrogen-bond donors (Lipinski definition) is 1. The Bertz CT molecular complexity index is 1150. The predicted octanol–water partition coefficient (Wildman–Crippen LogP) is 4.34. The number of benzene rings is 2. The van der Waals surface area contributed by atoms with Crippen LogP contribution in [0.1, 0.15) is 5.56 Å². The number of carbonyl (C=O) groups is 1. The third kappa shape index (κ3) is 4.21. The van der Waals surface area contributed by atoms with Crippen LogP contribution < -0.4 is 14.8 Å². The number of hydrogen-bond acceptors (Lipinski definition) is 4. The number of imidazole rings is 1. The van der Waals surface area contributed by atoms with Crippen molar-refractivity contribution in [1.29, 1.82) is 0 Å². The van der Waals surface area contributed by atoms with E-state index in [2.05, 4.69) is 5.32 Å². The largest absolute Gasteiger partial charge is 0.497 e. The molecule has 6 nitrogen and oxygen atoms in total. The predicted molar refractivity (Wildman–Crippen MR) is 112 cm³/mol. The van der Waals surface area contributed by atoms with Crippen molar-refractivity contribution < 1.29 is 14.3 Å². The minimum Gasteiger partial charge on any atom is -0.497 e. The molecule has 0 fully saturated rings. The van der Waals surface area contributed by atoms with Crippen LogP contribution in [-0.4, -0.2) is 29.0 Å². The molecule has 0 bridgehead atoms. The highest BCUT2D eigenvalue weighted by Gasteiger charge is 2.09. The molecule has 0 saturated carbocycles. The molecule has 2 heterocycles. The van der Waals surface area contributed by atoms with Crippen LogP contribution in [0.2, 0.25) is 0 Å². The SMILES string of the molecule is COc1ccc(OCC(=O)Nc2cccc(-c3cn4cccc(C)c4n3)c2)cc1.